The van der Waals surface area contributed by atoms with Gasteiger partial charge in [0.15, 0.2) is 0 Å². The van der Waals surface area contributed by atoms with Gasteiger partial charge in [-0.25, -0.2) is 4.39 Å². The Labute approximate surface area is 211 Å². The van der Waals surface area contributed by atoms with Gasteiger partial charge in [-0.05, 0) is 56.2 Å². The molecule has 3 rings (SSSR count). The molecule has 0 radical (unpaired) electrons. The van der Waals surface area contributed by atoms with Gasteiger partial charge in [0.1, 0.15) is 11.9 Å². The van der Waals surface area contributed by atoms with Gasteiger partial charge in [-0.2, -0.15) is 0 Å². The second-order valence-corrected chi connectivity index (χ2v) is 10.1. The molecule has 3 aromatic rings. The summed E-state index contributed by atoms with van der Waals surface area (Å²) in [5, 5.41) is 2.98. The van der Waals surface area contributed by atoms with Crippen molar-refractivity contribution in [3.8, 4) is 0 Å². The third kappa shape index (κ3) is 8.55. The number of benzene rings is 3. The molecule has 0 saturated carbocycles. The molecule has 4 nitrogen and oxygen atoms in total. The van der Waals surface area contributed by atoms with Crippen molar-refractivity contribution in [2.75, 3.05) is 5.75 Å². The van der Waals surface area contributed by atoms with Crippen LogP contribution < -0.4 is 5.32 Å². The fraction of sp³-hybridized carbons (Fsp3) is 0.310. The van der Waals surface area contributed by atoms with Gasteiger partial charge in [0.2, 0.25) is 11.8 Å². The summed E-state index contributed by atoms with van der Waals surface area (Å²) in [7, 11) is 0. The van der Waals surface area contributed by atoms with E-state index >= 15 is 0 Å². The highest BCUT2D eigenvalue weighted by atomic mass is 32.2. The number of hydrogen-bond donors (Lipinski definition) is 1. The zero-order valence-electron chi connectivity index (χ0n) is 20.5. The molecule has 184 valence electrons. The van der Waals surface area contributed by atoms with Crippen LogP contribution in [0.25, 0.3) is 0 Å². The highest BCUT2D eigenvalue weighted by Gasteiger charge is 2.30. The SMILES string of the molecule is Cc1ccc(SCCC(=O)N(Cc2ccc(F)cc2)C(Cc2ccccc2)C(=O)NC(C)C)cc1. The van der Waals surface area contributed by atoms with E-state index in [4.69, 9.17) is 0 Å². The van der Waals surface area contributed by atoms with Crippen LogP contribution in [0.1, 0.15) is 37.0 Å². The van der Waals surface area contributed by atoms with E-state index in [0.717, 1.165) is 16.0 Å². The Morgan fingerprint density at radius 2 is 1.57 bits per heavy atom. The van der Waals surface area contributed by atoms with Gasteiger partial charge in [-0.3, -0.25) is 9.59 Å². The van der Waals surface area contributed by atoms with Crippen molar-refractivity contribution in [1.82, 2.24) is 10.2 Å². The number of rotatable bonds is 11. The molecule has 0 saturated heterocycles. The van der Waals surface area contributed by atoms with Gasteiger partial charge in [-0.15, -0.1) is 11.8 Å². The molecule has 3 aromatic carbocycles. The van der Waals surface area contributed by atoms with Crippen molar-refractivity contribution < 1.29 is 14.0 Å². The predicted molar refractivity (Wildman–Crippen MR) is 141 cm³/mol. The number of carbonyl (C=O) groups excluding carboxylic acids is 2. The van der Waals surface area contributed by atoms with E-state index in [1.165, 1.54) is 17.7 Å². The van der Waals surface area contributed by atoms with Gasteiger partial charge in [0.25, 0.3) is 0 Å². The van der Waals surface area contributed by atoms with E-state index in [9.17, 15) is 14.0 Å². The average Bonchev–Trinajstić information content (AvgIpc) is 2.84. The molecule has 0 aliphatic carbocycles. The number of amides is 2. The van der Waals surface area contributed by atoms with Crippen molar-refractivity contribution in [3.05, 3.63) is 101 Å². The monoisotopic (exact) mass is 492 g/mol. The number of halogens is 1. The van der Waals surface area contributed by atoms with Crippen LogP contribution in [0.3, 0.4) is 0 Å². The highest BCUT2D eigenvalue weighted by molar-refractivity contribution is 7.99. The van der Waals surface area contributed by atoms with E-state index in [-0.39, 0.29) is 30.2 Å². The van der Waals surface area contributed by atoms with Crippen LogP contribution in [0.5, 0.6) is 0 Å². The molecule has 0 heterocycles. The van der Waals surface area contributed by atoms with Crippen LogP contribution in [0.15, 0.2) is 83.8 Å². The van der Waals surface area contributed by atoms with Gasteiger partial charge in [0.05, 0.1) is 0 Å². The molecule has 2 amide bonds. The number of thioether (sulfide) groups is 1. The van der Waals surface area contributed by atoms with E-state index < -0.39 is 6.04 Å². The van der Waals surface area contributed by atoms with Crippen LogP contribution in [0, 0.1) is 12.7 Å². The van der Waals surface area contributed by atoms with Crippen LogP contribution in [0.4, 0.5) is 4.39 Å². The van der Waals surface area contributed by atoms with Crippen LogP contribution >= 0.6 is 11.8 Å². The summed E-state index contributed by atoms with van der Waals surface area (Å²) in [5.74, 6) is -0.0233. The van der Waals surface area contributed by atoms with Crippen molar-refractivity contribution in [2.45, 2.75) is 57.1 Å². The topological polar surface area (TPSA) is 49.4 Å². The first-order valence-electron chi connectivity index (χ1n) is 11.9. The molecule has 6 heteroatoms. The Bertz CT molecular complexity index is 1090. The summed E-state index contributed by atoms with van der Waals surface area (Å²) in [6.45, 7) is 6.08. The lowest BCUT2D eigenvalue weighted by Crippen LogP contribution is -2.51. The Morgan fingerprint density at radius 3 is 2.20 bits per heavy atom. The van der Waals surface area contributed by atoms with Crippen molar-refractivity contribution >= 4 is 23.6 Å². The second-order valence-electron chi connectivity index (χ2n) is 8.93. The molecule has 0 fully saturated rings. The molecule has 1 unspecified atom stereocenters. The smallest absolute Gasteiger partial charge is 0.243 e. The molecule has 35 heavy (non-hydrogen) atoms. The molecular weight excluding hydrogens is 459 g/mol. The number of nitrogens with zero attached hydrogens (tertiary/aromatic N) is 1. The normalized spacial score (nSPS) is 11.8. The Kier molecular flexibility index (Phi) is 9.91. The van der Waals surface area contributed by atoms with Crippen molar-refractivity contribution in [3.63, 3.8) is 0 Å². The molecule has 0 bridgehead atoms. The van der Waals surface area contributed by atoms with Gasteiger partial charge < -0.3 is 10.2 Å². The van der Waals surface area contributed by atoms with E-state index in [0.29, 0.717) is 18.6 Å². The summed E-state index contributed by atoms with van der Waals surface area (Å²) in [4.78, 5) is 29.6. The minimum absolute atomic E-state index is 0.0550. The summed E-state index contributed by atoms with van der Waals surface area (Å²) in [5.41, 5.74) is 2.94. The van der Waals surface area contributed by atoms with E-state index in [2.05, 4.69) is 29.6 Å². The molecule has 0 aliphatic rings. The standard InChI is InChI=1S/C29H33FN2O2S/c1-21(2)31-29(34)27(19-23-7-5-4-6-8-23)32(20-24-11-13-25(30)14-12-24)28(33)17-18-35-26-15-9-22(3)10-16-26/h4-16,21,27H,17-20H2,1-3H3,(H,31,34). The maximum atomic E-state index is 13.5. The van der Waals surface area contributed by atoms with Crippen LogP contribution in [-0.4, -0.2) is 34.6 Å². The third-order valence-electron chi connectivity index (χ3n) is 5.57. The summed E-state index contributed by atoms with van der Waals surface area (Å²) in [6.07, 6.45) is 0.692. The highest BCUT2D eigenvalue weighted by Crippen LogP contribution is 2.21. The number of carbonyl (C=O) groups is 2. The summed E-state index contributed by atoms with van der Waals surface area (Å²) < 4.78 is 13.5. The zero-order valence-corrected chi connectivity index (χ0v) is 21.4. The molecule has 0 aromatic heterocycles. The minimum atomic E-state index is -0.679. The minimum Gasteiger partial charge on any atom is -0.352 e. The predicted octanol–water partition coefficient (Wildman–Crippen LogP) is 5.78. The first kappa shape index (κ1) is 26.5. The maximum absolute atomic E-state index is 13.5. The molecule has 1 N–H and O–H groups in total. The molecule has 0 aliphatic heterocycles. The third-order valence-corrected chi connectivity index (χ3v) is 6.59. The maximum Gasteiger partial charge on any atom is 0.243 e. The Balaban J connectivity index is 1.83. The molecule has 1 atom stereocenters. The van der Waals surface area contributed by atoms with Crippen LogP contribution in [0.2, 0.25) is 0 Å². The average molecular weight is 493 g/mol. The fourth-order valence-corrected chi connectivity index (χ4v) is 4.60. The van der Waals surface area contributed by atoms with Crippen molar-refractivity contribution in [1.29, 1.82) is 0 Å². The second kappa shape index (κ2) is 13.1. The van der Waals surface area contributed by atoms with Gasteiger partial charge in [-0.1, -0.05) is 60.2 Å². The lowest BCUT2D eigenvalue weighted by molar-refractivity contribution is -0.141. The Hall–Kier alpha value is -3.12. The summed E-state index contributed by atoms with van der Waals surface area (Å²) in [6, 6.07) is 23.3. The zero-order chi connectivity index (χ0) is 25.2. The molecule has 0 spiro atoms. The van der Waals surface area contributed by atoms with E-state index in [1.807, 2.05) is 51.1 Å². The lowest BCUT2D eigenvalue weighted by Gasteiger charge is -2.32. The largest absolute Gasteiger partial charge is 0.352 e. The van der Waals surface area contributed by atoms with Crippen LogP contribution in [-0.2, 0) is 22.6 Å². The Morgan fingerprint density at radius 1 is 0.914 bits per heavy atom. The summed E-state index contributed by atoms with van der Waals surface area (Å²) >= 11 is 1.62. The molecular formula is C29H33FN2O2S. The number of hydrogen-bond acceptors (Lipinski definition) is 3. The van der Waals surface area contributed by atoms with Gasteiger partial charge in [0, 0.05) is 36.1 Å². The fourth-order valence-electron chi connectivity index (χ4n) is 3.76. The van der Waals surface area contributed by atoms with Crippen molar-refractivity contribution in [2.24, 2.45) is 0 Å². The number of aryl methyl sites for hydroxylation is 1. The van der Waals surface area contributed by atoms with Gasteiger partial charge >= 0.3 is 0 Å². The first-order valence-corrected chi connectivity index (χ1v) is 12.9. The first-order chi connectivity index (χ1) is 16.8. The quantitative estimate of drug-likeness (QED) is 0.345. The lowest BCUT2D eigenvalue weighted by atomic mass is 10.0. The number of nitrogens with one attached hydrogen (secondary N) is 1. The van der Waals surface area contributed by atoms with E-state index in [1.54, 1.807) is 28.8 Å².